The molecule has 1 aromatic carbocycles. The van der Waals surface area contributed by atoms with Gasteiger partial charge in [0.1, 0.15) is 5.75 Å². The lowest BCUT2D eigenvalue weighted by Gasteiger charge is -2.09. The topological polar surface area (TPSA) is 75.3 Å². The number of carbonyl (C=O) groups excluding carboxylic acids is 1. The third-order valence-corrected chi connectivity index (χ3v) is 2.66. The SMILES string of the molecule is Cc1cc(CNCCCC(N)=O)cc(C)c1O. The molecule has 1 rings (SSSR count). The number of primary amides is 1. The Morgan fingerprint density at radius 1 is 1.35 bits per heavy atom. The van der Waals surface area contributed by atoms with Crippen LogP contribution in [0.2, 0.25) is 0 Å². The maximum absolute atomic E-state index is 10.5. The highest BCUT2D eigenvalue weighted by atomic mass is 16.3. The number of carbonyl (C=O) groups is 1. The highest BCUT2D eigenvalue weighted by Gasteiger charge is 2.03. The number of phenols is 1. The molecule has 1 amide bonds. The smallest absolute Gasteiger partial charge is 0.217 e. The minimum Gasteiger partial charge on any atom is -0.507 e. The summed E-state index contributed by atoms with van der Waals surface area (Å²) in [6.45, 7) is 5.28. The number of amides is 1. The van der Waals surface area contributed by atoms with Gasteiger partial charge in [-0.1, -0.05) is 12.1 Å². The normalized spacial score (nSPS) is 10.5. The zero-order valence-electron chi connectivity index (χ0n) is 10.4. The molecule has 4 heteroatoms. The molecule has 0 saturated heterocycles. The van der Waals surface area contributed by atoms with Crippen molar-refractivity contribution in [1.82, 2.24) is 5.32 Å². The lowest BCUT2D eigenvalue weighted by molar-refractivity contribution is -0.118. The van der Waals surface area contributed by atoms with Crippen molar-refractivity contribution in [3.63, 3.8) is 0 Å². The number of rotatable bonds is 6. The number of aryl methyl sites for hydroxylation is 2. The summed E-state index contributed by atoms with van der Waals surface area (Å²) in [7, 11) is 0. The van der Waals surface area contributed by atoms with Crippen molar-refractivity contribution in [2.24, 2.45) is 5.73 Å². The molecule has 94 valence electrons. The molecule has 0 radical (unpaired) electrons. The summed E-state index contributed by atoms with van der Waals surface area (Å²) in [6.07, 6.45) is 1.17. The van der Waals surface area contributed by atoms with Gasteiger partial charge in [0.25, 0.3) is 0 Å². The summed E-state index contributed by atoms with van der Waals surface area (Å²) in [4.78, 5) is 10.5. The zero-order valence-corrected chi connectivity index (χ0v) is 10.4. The highest BCUT2D eigenvalue weighted by Crippen LogP contribution is 2.22. The van der Waals surface area contributed by atoms with E-state index in [0.717, 1.165) is 36.2 Å². The van der Waals surface area contributed by atoms with Crippen LogP contribution in [0.4, 0.5) is 0 Å². The predicted molar refractivity (Wildman–Crippen MR) is 67.7 cm³/mol. The van der Waals surface area contributed by atoms with Crippen molar-refractivity contribution in [3.05, 3.63) is 28.8 Å². The third-order valence-electron chi connectivity index (χ3n) is 2.66. The summed E-state index contributed by atoms with van der Waals surface area (Å²) in [6, 6.07) is 3.92. The van der Waals surface area contributed by atoms with Crippen molar-refractivity contribution in [3.8, 4) is 5.75 Å². The predicted octanol–water partition coefficient (Wildman–Crippen LogP) is 1.36. The first-order chi connectivity index (χ1) is 8.00. The van der Waals surface area contributed by atoms with Crippen molar-refractivity contribution < 1.29 is 9.90 Å². The van der Waals surface area contributed by atoms with E-state index in [1.54, 1.807) is 0 Å². The molecule has 4 N–H and O–H groups in total. The number of nitrogens with one attached hydrogen (secondary N) is 1. The van der Waals surface area contributed by atoms with Gasteiger partial charge in [0.2, 0.25) is 5.91 Å². The van der Waals surface area contributed by atoms with Gasteiger partial charge in [0.05, 0.1) is 0 Å². The van der Waals surface area contributed by atoms with Crippen molar-refractivity contribution in [1.29, 1.82) is 0 Å². The van der Waals surface area contributed by atoms with E-state index in [4.69, 9.17) is 5.73 Å². The highest BCUT2D eigenvalue weighted by molar-refractivity contribution is 5.73. The van der Waals surface area contributed by atoms with E-state index in [1.165, 1.54) is 0 Å². The minimum absolute atomic E-state index is 0.261. The molecular formula is C13H20N2O2. The largest absolute Gasteiger partial charge is 0.507 e. The molecule has 0 aliphatic carbocycles. The molecule has 0 aromatic heterocycles. The van der Waals surface area contributed by atoms with Crippen LogP contribution >= 0.6 is 0 Å². The van der Waals surface area contributed by atoms with Gasteiger partial charge in [-0.2, -0.15) is 0 Å². The lowest BCUT2D eigenvalue weighted by Crippen LogP contribution is -2.18. The molecule has 0 heterocycles. The Morgan fingerprint density at radius 2 is 1.94 bits per heavy atom. The first-order valence-electron chi connectivity index (χ1n) is 5.79. The van der Waals surface area contributed by atoms with Crippen LogP contribution in [0, 0.1) is 13.8 Å². The van der Waals surface area contributed by atoms with E-state index >= 15 is 0 Å². The second kappa shape index (κ2) is 6.25. The van der Waals surface area contributed by atoms with Crippen LogP contribution in [0.3, 0.4) is 0 Å². The Hall–Kier alpha value is -1.55. The van der Waals surface area contributed by atoms with Gasteiger partial charge in [0, 0.05) is 13.0 Å². The molecule has 0 atom stereocenters. The Bertz CT molecular complexity index is 379. The van der Waals surface area contributed by atoms with Crippen LogP contribution in [0.5, 0.6) is 5.75 Å². The molecule has 0 saturated carbocycles. The maximum Gasteiger partial charge on any atom is 0.217 e. The van der Waals surface area contributed by atoms with Crippen molar-refractivity contribution in [2.75, 3.05) is 6.54 Å². The van der Waals surface area contributed by atoms with E-state index in [1.807, 2.05) is 26.0 Å². The number of phenolic OH excluding ortho intramolecular Hbond substituents is 1. The molecule has 0 spiro atoms. The molecule has 0 fully saturated rings. The Balaban J connectivity index is 2.39. The molecular weight excluding hydrogens is 216 g/mol. The van der Waals surface area contributed by atoms with Gasteiger partial charge < -0.3 is 16.2 Å². The van der Waals surface area contributed by atoms with Gasteiger partial charge in [-0.15, -0.1) is 0 Å². The van der Waals surface area contributed by atoms with E-state index in [0.29, 0.717) is 12.2 Å². The zero-order chi connectivity index (χ0) is 12.8. The number of aromatic hydroxyl groups is 1. The standard InChI is InChI=1S/C13H20N2O2/c1-9-6-11(7-10(2)13(9)17)8-15-5-3-4-12(14)16/h6-7,15,17H,3-5,8H2,1-2H3,(H2,14,16). The minimum atomic E-state index is -0.261. The third kappa shape index (κ3) is 4.44. The van der Waals surface area contributed by atoms with Crippen molar-refractivity contribution in [2.45, 2.75) is 33.2 Å². The van der Waals surface area contributed by atoms with Crippen LogP contribution < -0.4 is 11.1 Å². The molecule has 17 heavy (non-hydrogen) atoms. The fourth-order valence-corrected chi connectivity index (χ4v) is 1.77. The van der Waals surface area contributed by atoms with Crippen LogP contribution in [-0.4, -0.2) is 17.6 Å². The summed E-state index contributed by atoms with van der Waals surface area (Å²) in [5.41, 5.74) is 7.96. The van der Waals surface area contributed by atoms with Crippen LogP contribution in [0.1, 0.15) is 29.5 Å². The first-order valence-corrected chi connectivity index (χ1v) is 5.79. The summed E-state index contributed by atoms with van der Waals surface area (Å²) >= 11 is 0. The monoisotopic (exact) mass is 236 g/mol. The second-order valence-corrected chi connectivity index (χ2v) is 4.32. The van der Waals surface area contributed by atoms with E-state index in [2.05, 4.69) is 5.32 Å². The number of nitrogens with two attached hydrogens (primary N) is 1. The van der Waals surface area contributed by atoms with Crippen molar-refractivity contribution >= 4 is 5.91 Å². The average Bonchev–Trinajstić information content (AvgIpc) is 2.25. The van der Waals surface area contributed by atoms with Gasteiger partial charge >= 0.3 is 0 Å². The van der Waals surface area contributed by atoms with E-state index in [-0.39, 0.29) is 5.91 Å². The molecule has 1 aromatic rings. The van der Waals surface area contributed by atoms with Gasteiger partial charge in [-0.3, -0.25) is 4.79 Å². The maximum atomic E-state index is 10.5. The average molecular weight is 236 g/mol. The van der Waals surface area contributed by atoms with Crippen LogP contribution in [0.15, 0.2) is 12.1 Å². The fraction of sp³-hybridized carbons (Fsp3) is 0.462. The van der Waals surface area contributed by atoms with Gasteiger partial charge in [-0.25, -0.2) is 0 Å². The molecule has 0 aliphatic rings. The Morgan fingerprint density at radius 3 is 2.47 bits per heavy atom. The number of hydrogen-bond acceptors (Lipinski definition) is 3. The number of hydrogen-bond donors (Lipinski definition) is 3. The Labute approximate surface area is 102 Å². The summed E-state index contributed by atoms with van der Waals surface area (Å²) < 4.78 is 0. The lowest BCUT2D eigenvalue weighted by atomic mass is 10.1. The van der Waals surface area contributed by atoms with Gasteiger partial charge in [0.15, 0.2) is 0 Å². The first kappa shape index (κ1) is 13.5. The Kier molecular flexibility index (Phi) is 4.97. The second-order valence-electron chi connectivity index (χ2n) is 4.32. The summed E-state index contributed by atoms with van der Waals surface area (Å²) in [5, 5.41) is 12.9. The van der Waals surface area contributed by atoms with E-state index < -0.39 is 0 Å². The molecule has 4 nitrogen and oxygen atoms in total. The molecule has 0 aliphatic heterocycles. The molecule has 0 unspecified atom stereocenters. The fourth-order valence-electron chi connectivity index (χ4n) is 1.77. The van der Waals surface area contributed by atoms with E-state index in [9.17, 15) is 9.90 Å². The van der Waals surface area contributed by atoms with Gasteiger partial charge in [-0.05, 0) is 43.5 Å². The number of benzene rings is 1. The summed E-state index contributed by atoms with van der Waals surface area (Å²) in [5.74, 6) is 0.102. The van der Waals surface area contributed by atoms with Crippen LogP contribution in [-0.2, 0) is 11.3 Å². The molecule has 0 bridgehead atoms. The quantitative estimate of drug-likeness (QED) is 0.653. The van der Waals surface area contributed by atoms with Crippen LogP contribution in [0.25, 0.3) is 0 Å².